The van der Waals surface area contributed by atoms with Gasteiger partial charge in [0, 0.05) is 13.8 Å². The van der Waals surface area contributed by atoms with E-state index in [-0.39, 0.29) is 22.7 Å². The van der Waals surface area contributed by atoms with Crippen LogP contribution in [0.25, 0.3) is 0 Å². The third kappa shape index (κ3) is 2.75. The molecule has 0 saturated heterocycles. The average Bonchev–Trinajstić information content (AvgIpc) is 2.94. The Kier molecular flexibility index (Phi) is 3.73. The number of amidine groups is 1. The molecule has 0 aromatic carbocycles. The molecule has 0 fully saturated rings. The molecule has 112 valence electrons. The molecular weight excluding hydrogens is 300 g/mol. The topological polar surface area (TPSA) is 118 Å². The summed E-state index contributed by atoms with van der Waals surface area (Å²) >= 11 is 1.06. The fraction of sp³-hybridized carbons (Fsp3) is 0.364. The second-order valence-electron chi connectivity index (χ2n) is 4.40. The molecule has 2 rings (SSSR count). The van der Waals surface area contributed by atoms with Gasteiger partial charge in [0.25, 0.3) is 0 Å². The third-order valence-corrected chi connectivity index (χ3v) is 3.85. The van der Waals surface area contributed by atoms with Crippen molar-refractivity contribution in [3.8, 4) is 0 Å². The van der Waals surface area contributed by atoms with Crippen molar-refractivity contribution in [2.45, 2.75) is 25.6 Å². The molecule has 1 aromatic rings. The number of nitrogens with zero attached hydrogens (tertiary/aromatic N) is 3. The Labute approximate surface area is 123 Å². The molecule has 1 aliphatic heterocycles. The van der Waals surface area contributed by atoms with Gasteiger partial charge in [0.05, 0.1) is 6.07 Å². The molecule has 2 heterocycles. The van der Waals surface area contributed by atoms with Gasteiger partial charge in [-0.05, 0) is 24.8 Å². The van der Waals surface area contributed by atoms with Gasteiger partial charge in [0.1, 0.15) is 10.7 Å². The highest BCUT2D eigenvalue weighted by molar-refractivity contribution is 8.14. The first-order valence-electron chi connectivity index (χ1n) is 5.85. The summed E-state index contributed by atoms with van der Waals surface area (Å²) < 4.78 is 5.17. The van der Waals surface area contributed by atoms with E-state index in [0.29, 0.717) is 0 Å². The van der Waals surface area contributed by atoms with Crippen molar-refractivity contribution in [1.29, 1.82) is 0 Å². The van der Waals surface area contributed by atoms with E-state index in [4.69, 9.17) is 4.42 Å². The molecule has 0 bridgehead atoms. The second kappa shape index (κ2) is 5.20. The van der Waals surface area contributed by atoms with Gasteiger partial charge in [-0.3, -0.25) is 19.7 Å². The highest BCUT2D eigenvalue weighted by Crippen LogP contribution is 2.46. The Hall–Kier alpha value is -2.36. The SMILES string of the molecule is CC(=O)NC1=NN(C(C)=O)[C@@](C)(c2ccc([N+](=O)[O-])o2)S1. The second-order valence-corrected chi connectivity index (χ2v) is 5.78. The lowest BCUT2D eigenvalue weighted by Gasteiger charge is -2.27. The lowest BCUT2D eigenvalue weighted by Crippen LogP contribution is -2.37. The zero-order valence-electron chi connectivity index (χ0n) is 11.4. The van der Waals surface area contributed by atoms with Crippen LogP contribution in [-0.2, 0) is 14.5 Å². The van der Waals surface area contributed by atoms with Crippen LogP contribution in [0.15, 0.2) is 21.7 Å². The quantitative estimate of drug-likeness (QED) is 0.650. The van der Waals surface area contributed by atoms with Gasteiger partial charge in [0.2, 0.25) is 11.8 Å². The van der Waals surface area contributed by atoms with Crippen LogP contribution in [0, 0.1) is 10.1 Å². The summed E-state index contributed by atoms with van der Waals surface area (Å²) in [5.74, 6) is -0.953. The Morgan fingerprint density at radius 1 is 1.48 bits per heavy atom. The molecule has 2 amide bonds. The number of carbonyl (C=O) groups excluding carboxylic acids is 2. The van der Waals surface area contributed by atoms with Crippen molar-refractivity contribution >= 4 is 34.6 Å². The average molecular weight is 312 g/mol. The number of hydrazone groups is 1. The maximum absolute atomic E-state index is 11.7. The van der Waals surface area contributed by atoms with E-state index in [2.05, 4.69) is 10.4 Å². The van der Waals surface area contributed by atoms with Crippen LogP contribution in [0.5, 0.6) is 0 Å². The number of hydrogen-bond donors (Lipinski definition) is 1. The summed E-state index contributed by atoms with van der Waals surface area (Å²) in [5, 5.41) is 18.5. The summed E-state index contributed by atoms with van der Waals surface area (Å²) in [4.78, 5) is 31.8. The van der Waals surface area contributed by atoms with Crippen LogP contribution in [0.2, 0.25) is 0 Å². The Morgan fingerprint density at radius 3 is 2.62 bits per heavy atom. The predicted octanol–water partition coefficient (Wildman–Crippen LogP) is 1.36. The fourth-order valence-corrected chi connectivity index (χ4v) is 3.00. The van der Waals surface area contributed by atoms with Crippen molar-refractivity contribution in [2.75, 3.05) is 0 Å². The van der Waals surface area contributed by atoms with Gasteiger partial charge in [-0.25, -0.2) is 5.01 Å². The molecule has 21 heavy (non-hydrogen) atoms. The van der Waals surface area contributed by atoms with Crippen LogP contribution < -0.4 is 5.32 Å². The van der Waals surface area contributed by atoms with Crippen LogP contribution in [0.3, 0.4) is 0 Å². The van der Waals surface area contributed by atoms with Crippen LogP contribution >= 0.6 is 11.8 Å². The minimum Gasteiger partial charge on any atom is -0.402 e. The first-order valence-corrected chi connectivity index (χ1v) is 6.66. The lowest BCUT2D eigenvalue weighted by atomic mass is 10.2. The number of thioether (sulfide) groups is 1. The molecule has 1 atom stereocenters. The molecule has 10 heteroatoms. The van der Waals surface area contributed by atoms with Gasteiger partial charge < -0.3 is 9.73 Å². The molecule has 1 N–H and O–H groups in total. The van der Waals surface area contributed by atoms with Crippen LogP contribution in [0.1, 0.15) is 26.5 Å². The molecular formula is C11H12N4O5S. The fourth-order valence-electron chi connectivity index (χ4n) is 1.84. The summed E-state index contributed by atoms with van der Waals surface area (Å²) in [5.41, 5.74) is 0. The number of amides is 2. The standard InChI is InChI=1S/C11H12N4O5S/c1-6(16)12-10-13-14(7(2)17)11(3,21-10)8-4-5-9(20-8)15(18)19/h4-5H,1-3H3,(H,12,13,16)/t11-/m1/s1. The van der Waals surface area contributed by atoms with Gasteiger partial charge in [-0.2, -0.15) is 0 Å². The van der Waals surface area contributed by atoms with Crippen molar-refractivity contribution in [3.05, 3.63) is 28.0 Å². The lowest BCUT2D eigenvalue weighted by molar-refractivity contribution is -0.402. The molecule has 9 nitrogen and oxygen atoms in total. The first kappa shape index (κ1) is 15.0. The summed E-state index contributed by atoms with van der Waals surface area (Å²) in [6.45, 7) is 4.24. The van der Waals surface area contributed by atoms with E-state index in [1.807, 2.05) is 0 Å². The molecule has 0 spiro atoms. The smallest absolute Gasteiger partial charge is 0.402 e. The normalized spacial score (nSPS) is 21.1. The van der Waals surface area contributed by atoms with E-state index in [1.54, 1.807) is 6.92 Å². The van der Waals surface area contributed by atoms with Gasteiger partial charge >= 0.3 is 5.88 Å². The Balaban J connectivity index is 2.37. The van der Waals surface area contributed by atoms with E-state index in [0.717, 1.165) is 16.8 Å². The zero-order valence-corrected chi connectivity index (χ0v) is 12.3. The molecule has 0 radical (unpaired) electrons. The van der Waals surface area contributed by atoms with Gasteiger partial charge in [-0.1, -0.05) is 0 Å². The minimum absolute atomic E-state index is 0.193. The predicted molar refractivity (Wildman–Crippen MR) is 74.1 cm³/mol. The number of rotatable bonds is 2. The monoisotopic (exact) mass is 312 g/mol. The maximum atomic E-state index is 11.7. The minimum atomic E-state index is -1.10. The third-order valence-electron chi connectivity index (χ3n) is 2.70. The molecule has 0 saturated carbocycles. The van der Waals surface area contributed by atoms with Crippen molar-refractivity contribution < 1.29 is 18.9 Å². The number of nitro groups is 1. The highest BCUT2D eigenvalue weighted by atomic mass is 32.2. The largest absolute Gasteiger partial charge is 0.433 e. The van der Waals surface area contributed by atoms with E-state index >= 15 is 0 Å². The van der Waals surface area contributed by atoms with E-state index < -0.39 is 15.7 Å². The van der Waals surface area contributed by atoms with E-state index in [9.17, 15) is 19.7 Å². The summed E-state index contributed by atoms with van der Waals surface area (Å²) in [6.07, 6.45) is 0. The van der Waals surface area contributed by atoms with E-state index in [1.165, 1.54) is 26.0 Å². The molecule has 0 aliphatic carbocycles. The molecule has 1 aliphatic rings. The summed E-state index contributed by atoms with van der Waals surface area (Å²) in [6, 6.07) is 2.61. The van der Waals surface area contributed by atoms with Crippen molar-refractivity contribution in [1.82, 2.24) is 10.3 Å². The number of carbonyl (C=O) groups is 2. The number of hydrogen-bond acceptors (Lipinski definition) is 7. The van der Waals surface area contributed by atoms with Crippen LogP contribution in [-0.4, -0.2) is 26.9 Å². The highest BCUT2D eigenvalue weighted by Gasteiger charge is 2.47. The number of furan rings is 1. The summed E-state index contributed by atoms with van der Waals surface area (Å²) in [7, 11) is 0. The Bertz CT molecular complexity index is 655. The first-order chi connectivity index (χ1) is 9.74. The Morgan fingerprint density at radius 2 is 2.14 bits per heavy atom. The van der Waals surface area contributed by atoms with Crippen molar-refractivity contribution in [2.24, 2.45) is 5.10 Å². The van der Waals surface area contributed by atoms with Gasteiger partial charge in [-0.15, -0.1) is 5.10 Å². The molecule has 1 aromatic heterocycles. The van der Waals surface area contributed by atoms with Crippen molar-refractivity contribution in [3.63, 3.8) is 0 Å². The number of nitrogens with one attached hydrogen (secondary N) is 1. The molecule has 0 unspecified atom stereocenters. The zero-order chi connectivity index (χ0) is 15.8. The maximum Gasteiger partial charge on any atom is 0.433 e. The van der Waals surface area contributed by atoms with Crippen LogP contribution in [0.4, 0.5) is 5.88 Å². The van der Waals surface area contributed by atoms with Gasteiger partial charge in [0.15, 0.2) is 10.0 Å².